The highest BCUT2D eigenvalue weighted by molar-refractivity contribution is 5.14. The summed E-state index contributed by atoms with van der Waals surface area (Å²) in [5, 5.41) is 15.9. The zero-order valence-corrected chi connectivity index (χ0v) is 8.45. The lowest BCUT2D eigenvalue weighted by molar-refractivity contribution is 0.119. The van der Waals surface area contributed by atoms with Gasteiger partial charge >= 0.3 is 0 Å². The molecule has 1 rings (SSSR count). The standard InChI is InChI=1S/C9H12F2N4/c1-2-3-8-7(4-5-12)13-14-15(8)6-9(10)11/h9H,2-4,6H2,1H3. The van der Waals surface area contributed by atoms with Gasteiger partial charge in [-0.2, -0.15) is 5.26 Å². The molecule has 1 aromatic heterocycles. The van der Waals surface area contributed by atoms with E-state index < -0.39 is 13.0 Å². The Labute approximate surface area is 86.5 Å². The van der Waals surface area contributed by atoms with Gasteiger partial charge in [0.15, 0.2) is 0 Å². The topological polar surface area (TPSA) is 54.5 Å². The minimum Gasteiger partial charge on any atom is -0.243 e. The van der Waals surface area contributed by atoms with Crippen LogP contribution in [-0.2, 0) is 19.4 Å². The Bertz CT molecular complexity index is 353. The van der Waals surface area contributed by atoms with Gasteiger partial charge in [0.2, 0.25) is 0 Å². The maximum absolute atomic E-state index is 12.2. The summed E-state index contributed by atoms with van der Waals surface area (Å²) in [5.41, 5.74) is 1.17. The van der Waals surface area contributed by atoms with E-state index in [0.717, 1.165) is 6.42 Å². The van der Waals surface area contributed by atoms with Crippen molar-refractivity contribution in [3.05, 3.63) is 11.4 Å². The molecule has 0 radical (unpaired) electrons. The lowest BCUT2D eigenvalue weighted by Gasteiger charge is -2.04. The second kappa shape index (κ2) is 5.39. The van der Waals surface area contributed by atoms with Crippen molar-refractivity contribution >= 4 is 0 Å². The van der Waals surface area contributed by atoms with Gasteiger partial charge in [-0.15, -0.1) is 5.10 Å². The Morgan fingerprint density at radius 1 is 1.53 bits per heavy atom. The molecule has 6 heteroatoms. The molecule has 0 saturated heterocycles. The number of rotatable bonds is 5. The Hall–Kier alpha value is -1.51. The Morgan fingerprint density at radius 3 is 2.80 bits per heavy atom. The van der Waals surface area contributed by atoms with Gasteiger partial charge in [-0.1, -0.05) is 18.6 Å². The molecular weight excluding hydrogens is 202 g/mol. The van der Waals surface area contributed by atoms with Crippen LogP contribution in [0.15, 0.2) is 0 Å². The van der Waals surface area contributed by atoms with Crippen LogP contribution >= 0.6 is 0 Å². The van der Waals surface area contributed by atoms with Crippen molar-refractivity contribution in [2.45, 2.75) is 39.2 Å². The predicted octanol–water partition coefficient (Wildman–Crippen LogP) is 1.56. The third-order valence-electron chi connectivity index (χ3n) is 1.96. The molecule has 1 heterocycles. The summed E-state index contributed by atoms with van der Waals surface area (Å²) in [7, 11) is 0. The van der Waals surface area contributed by atoms with E-state index in [0.29, 0.717) is 17.8 Å². The third kappa shape index (κ3) is 2.98. The molecule has 0 N–H and O–H groups in total. The average molecular weight is 214 g/mol. The molecule has 1 aromatic rings. The molecule has 0 aliphatic carbocycles. The van der Waals surface area contributed by atoms with E-state index in [2.05, 4.69) is 10.3 Å². The van der Waals surface area contributed by atoms with E-state index in [1.54, 1.807) is 0 Å². The summed E-state index contributed by atoms with van der Waals surface area (Å²) >= 11 is 0. The molecule has 0 saturated carbocycles. The first kappa shape index (κ1) is 11.6. The van der Waals surface area contributed by atoms with E-state index in [1.807, 2.05) is 13.0 Å². The molecule has 0 aliphatic rings. The first-order chi connectivity index (χ1) is 7.19. The van der Waals surface area contributed by atoms with E-state index in [-0.39, 0.29) is 6.42 Å². The number of aromatic nitrogens is 3. The molecule has 15 heavy (non-hydrogen) atoms. The average Bonchev–Trinajstić information content (AvgIpc) is 2.51. The normalized spacial score (nSPS) is 10.6. The van der Waals surface area contributed by atoms with Crippen molar-refractivity contribution < 1.29 is 8.78 Å². The van der Waals surface area contributed by atoms with Gasteiger partial charge in [-0.25, -0.2) is 13.5 Å². The predicted molar refractivity (Wildman–Crippen MR) is 49.3 cm³/mol. The maximum atomic E-state index is 12.2. The summed E-state index contributed by atoms with van der Waals surface area (Å²) in [6, 6.07) is 1.95. The molecule has 0 atom stereocenters. The van der Waals surface area contributed by atoms with Crippen LogP contribution < -0.4 is 0 Å². The number of halogens is 2. The van der Waals surface area contributed by atoms with E-state index in [1.165, 1.54) is 4.68 Å². The summed E-state index contributed by atoms with van der Waals surface area (Å²) < 4.78 is 25.6. The van der Waals surface area contributed by atoms with Crippen LogP contribution in [0.1, 0.15) is 24.7 Å². The lowest BCUT2D eigenvalue weighted by atomic mass is 10.2. The Balaban J connectivity index is 2.90. The fraction of sp³-hybridized carbons (Fsp3) is 0.667. The monoisotopic (exact) mass is 214 g/mol. The van der Waals surface area contributed by atoms with Gasteiger partial charge in [0, 0.05) is 0 Å². The van der Waals surface area contributed by atoms with Crippen LogP contribution in [0.2, 0.25) is 0 Å². The van der Waals surface area contributed by atoms with Crippen molar-refractivity contribution in [3.8, 4) is 6.07 Å². The molecule has 0 aromatic carbocycles. The number of alkyl halides is 2. The zero-order valence-electron chi connectivity index (χ0n) is 8.45. The molecule has 0 aliphatic heterocycles. The van der Waals surface area contributed by atoms with Crippen molar-refractivity contribution in [2.24, 2.45) is 0 Å². The molecule has 0 bridgehead atoms. The maximum Gasteiger partial charge on any atom is 0.257 e. The van der Waals surface area contributed by atoms with Crippen LogP contribution in [0.3, 0.4) is 0 Å². The van der Waals surface area contributed by atoms with E-state index in [4.69, 9.17) is 5.26 Å². The largest absolute Gasteiger partial charge is 0.257 e. The highest BCUT2D eigenvalue weighted by atomic mass is 19.3. The van der Waals surface area contributed by atoms with Crippen molar-refractivity contribution in [1.29, 1.82) is 5.26 Å². The van der Waals surface area contributed by atoms with Crippen LogP contribution in [0, 0.1) is 11.3 Å². The van der Waals surface area contributed by atoms with Gasteiger partial charge in [0.05, 0.1) is 23.9 Å². The van der Waals surface area contributed by atoms with Crippen LogP contribution in [0.5, 0.6) is 0 Å². The SMILES string of the molecule is CCCc1c(CC#N)nnn1CC(F)F. The number of hydrogen-bond acceptors (Lipinski definition) is 3. The summed E-state index contributed by atoms with van der Waals surface area (Å²) in [4.78, 5) is 0. The summed E-state index contributed by atoms with van der Waals surface area (Å²) in [6.45, 7) is 1.49. The minimum absolute atomic E-state index is 0.124. The fourth-order valence-corrected chi connectivity index (χ4v) is 1.37. The van der Waals surface area contributed by atoms with Crippen molar-refractivity contribution in [1.82, 2.24) is 15.0 Å². The fourth-order valence-electron chi connectivity index (χ4n) is 1.37. The first-order valence-electron chi connectivity index (χ1n) is 4.75. The molecule has 0 unspecified atom stereocenters. The lowest BCUT2D eigenvalue weighted by Crippen LogP contribution is -2.12. The van der Waals surface area contributed by atoms with Crippen LogP contribution in [0.25, 0.3) is 0 Å². The van der Waals surface area contributed by atoms with Crippen LogP contribution in [-0.4, -0.2) is 21.4 Å². The van der Waals surface area contributed by atoms with Gasteiger partial charge in [-0.3, -0.25) is 0 Å². The zero-order chi connectivity index (χ0) is 11.3. The minimum atomic E-state index is -2.45. The number of hydrogen-bond donors (Lipinski definition) is 0. The van der Waals surface area contributed by atoms with E-state index >= 15 is 0 Å². The highest BCUT2D eigenvalue weighted by Gasteiger charge is 2.14. The van der Waals surface area contributed by atoms with E-state index in [9.17, 15) is 8.78 Å². The Morgan fingerprint density at radius 2 is 2.27 bits per heavy atom. The first-order valence-corrected chi connectivity index (χ1v) is 4.75. The van der Waals surface area contributed by atoms with Gasteiger partial charge in [0.25, 0.3) is 6.43 Å². The third-order valence-corrected chi connectivity index (χ3v) is 1.96. The van der Waals surface area contributed by atoms with Crippen molar-refractivity contribution in [3.63, 3.8) is 0 Å². The molecule has 0 amide bonds. The van der Waals surface area contributed by atoms with Gasteiger partial charge < -0.3 is 0 Å². The number of nitriles is 1. The molecule has 0 fully saturated rings. The molecule has 0 spiro atoms. The quantitative estimate of drug-likeness (QED) is 0.747. The highest BCUT2D eigenvalue weighted by Crippen LogP contribution is 2.10. The molecule has 4 nitrogen and oxygen atoms in total. The second-order valence-corrected chi connectivity index (χ2v) is 3.14. The molecular formula is C9H12F2N4. The second-order valence-electron chi connectivity index (χ2n) is 3.14. The van der Waals surface area contributed by atoms with Crippen LogP contribution in [0.4, 0.5) is 8.78 Å². The smallest absolute Gasteiger partial charge is 0.243 e. The van der Waals surface area contributed by atoms with Gasteiger partial charge in [-0.05, 0) is 6.42 Å². The number of nitrogens with zero attached hydrogens (tertiary/aromatic N) is 4. The molecule has 82 valence electrons. The summed E-state index contributed by atoms with van der Waals surface area (Å²) in [5.74, 6) is 0. The van der Waals surface area contributed by atoms with Gasteiger partial charge in [0.1, 0.15) is 6.54 Å². The Kier molecular flexibility index (Phi) is 4.16. The van der Waals surface area contributed by atoms with Crippen molar-refractivity contribution in [2.75, 3.05) is 0 Å². The summed E-state index contributed by atoms with van der Waals surface area (Å²) in [6.07, 6.45) is -0.887.